The Hall–Kier alpha value is -2.89. The Morgan fingerprint density at radius 2 is 1.52 bits per heavy atom. The zero-order valence-electron chi connectivity index (χ0n) is 23.7. The van der Waals surface area contributed by atoms with Crippen LogP contribution in [0, 0.1) is 18.6 Å². The summed E-state index contributed by atoms with van der Waals surface area (Å²) in [6.45, 7) is 8.55. The van der Waals surface area contributed by atoms with Gasteiger partial charge in [0.15, 0.2) is 0 Å². The molecule has 0 aromatic heterocycles. The molecule has 2 aromatic rings. The van der Waals surface area contributed by atoms with E-state index in [1.54, 1.807) is 30.9 Å². The molecule has 8 nitrogen and oxygen atoms in total. The number of nitrogens with zero attached hydrogens (tertiary/aromatic N) is 1. The zero-order valence-corrected chi connectivity index (χ0v) is 24.5. The molecule has 0 aliphatic rings. The van der Waals surface area contributed by atoms with Crippen LogP contribution in [0.25, 0.3) is 0 Å². The van der Waals surface area contributed by atoms with Gasteiger partial charge in [0.25, 0.3) is 11.8 Å². The van der Waals surface area contributed by atoms with Gasteiger partial charge in [-0.1, -0.05) is 20.8 Å². The van der Waals surface area contributed by atoms with Gasteiger partial charge in [0.05, 0.1) is 17.9 Å². The Kier molecular flexibility index (Phi) is 13.1. The van der Waals surface area contributed by atoms with Gasteiger partial charge in [0.1, 0.15) is 11.6 Å². The molecular weight excluding hydrogens is 540 g/mol. The van der Waals surface area contributed by atoms with Gasteiger partial charge in [0.2, 0.25) is 10.0 Å². The summed E-state index contributed by atoms with van der Waals surface area (Å²) in [7, 11) is -3.51. The quantitative estimate of drug-likeness (QED) is 0.278. The van der Waals surface area contributed by atoms with Crippen molar-refractivity contribution in [3.63, 3.8) is 0 Å². The molecule has 0 unspecified atom stereocenters. The van der Waals surface area contributed by atoms with Gasteiger partial charge < -0.3 is 15.3 Å². The molecule has 0 fully saturated rings. The van der Waals surface area contributed by atoms with Crippen molar-refractivity contribution in [3.8, 4) is 0 Å². The van der Waals surface area contributed by atoms with E-state index in [9.17, 15) is 31.9 Å². The Labute approximate surface area is 236 Å². The van der Waals surface area contributed by atoms with Gasteiger partial charge in [-0.15, -0.1) is 0 Å². The minimum atomic E-state index is -3.51. The molecule has 0 saturated heterocycles. The second kappa shape index (κ2) is 15.8. The number of carbonyl (C=O) groups excluding carboxylic acids is 2. The van der Waals surface area contributed by atoms with E-state index in [0.29, 0.717) is 30.6 Å². The van der Waals surface area contributed by atoms with Crippen molar-refractivity contribution in [2.24, 2.45) is 0 Å². The standard InChI is InChI=1S/C29H41F2N3O5S/c1-5-10-34(11-6-2)29(37)23-14-20(4)13-22(18-23)28(36)33-26(17-21-15-24(30)19-25(31)16-21)27(35)8-9-32-40(38,39)12-7-3/h13-16,18-19,26-27,32,35H,5-12,17H2,1-4H3,(H,33,36)/t26-,27-/m0/s1. The molecule has 0 heterocycles. The van der Waals surface area contributed by atoms with Crippen LogP contribution in [0.4, 0.5) is 8.78 Å². The molecule has 2 aromatic carbocycles. The van der Waals surface area contributed by atoms with Crippen molar-refractivity contribution in [1.29, 1.82) is 0 Å². The first kappa shape index (κ1) is 33.3. The maximum absolute atomic E-state index is 13.9. The third kappa shape index (κ3) is 10.6. The summed E-state index contributed by atoms with van der Waals surface area (Å²) in [6, 6.07) is 6.76. The van der Waals surface area contributed by atoms with Crippen molar-refractivity contribution in [3.05, 3.63) is 70.3 Å². The SMILES string of the molecule is CCCN(CCC)C(=O)c1cc(C)cc(C(=O)N[C@@H](Cc2cc(F)cc(F)c2)[C@@H](O)CCNS(=O)(=O)CCC)c1. The van der Waals surface area contributed by atoms with E-state index in [1.165, 1.54) is 6.07 Å². The van der Waals surface area contributed by atoms with Crippen molar-refractivity contribution >= 4 is 21.8 Å². The molecule has 222 valence electrons. The fraction of sp³-hybridized carbons (Fsp3) is 0.517. The number of benzene rings is 2. The average Bonchev–Trinajstić information content (AvgIpc) is 2.86. The largest absolute Gasteiger partial charge is 0.391 e. The molecule has 0 aliphatic heterocycles. The fourth-order valence-electron chi connectivity index (χ4n) is 4.50. The molecule has 2 rings (SSSR count). The van der Waals surface area contributed by atoms with Crippen molar-refractivity contribution in [2.75, 3.05) is 25.4 Å². The van der Waals surface area contributed by atoms with E-state index in [0.717, 1.165) is 31.0 Å². The maximum atomic E-state index is 13.9. The number of sulfonamides is 1. The van der Waals surface area contributed by atoms with Crippen LogP contribution in [0.2, 0.25) is 0 Å². The number of rotatable bonds is 16. The van der Waals surface area contributed by atoms with E-state index in [-0.39, 0.29) is 42.2 Å². The van der Waals surface area contributed by atoms with Gasteiger partial charge in [0, 0.05) is 36.8 Å². The summed E-state index contributed by atoms with van der Waals surface area (Å²) in [4.78, 5) is 28.2. The minimum absolute atomic E-state index is 0.0494. The van der Waals surface area contributed by atoms with Gasteiger partial charge >= 0.3 is 0 Å². The molecule has 40 heavy (non-hydrogen) atoms. The van der Waals surface area contributed by atoms with Crippen LogP contribution in [0.1, 0.15) is 78.3 Å². The number of aliphatic hydroxyl groups is 1. The lowest BCUT2D eigenvalue weighted by Crippen LogP contribution is -2.46. The van der Waals surface area contributed by atoms with Crippen molar-refractivity contribution in [1.82, 2.24) is 14.9 Å². The number of hydrogen-bond acceptors (Lipinski definition) is 5. The lowest BCUT2D eigenvalue weighted by molar-refractivity contribution is 0.0755. The van der Waals surface area contributed by atoms with Gasteiger partial charge in [-0.05, 0) is 80.5 Å². The molecular formula is C29H41F2N3O5S. The molecule has 2 amide bonds. The number of carbonyl (C=O) groups is 2. The molecule has 0 radical (unpaired) electrons. The molecule has 11 heteroatoms. The molecule has 0 saturated carbocycles. The van der Waals surface area contributed by atoms with E-state index < -0.39 is 39.7 Å². The second-order valence-corrected chi connectivity index (χ2v) is 11.9. The first-order valence-corrected chi connectivity index (χ1v) is 15.4. The predicted octanol–water partition coefficient (Wildman–Crippen LogP) is 3.96. The Balaban J connectivity index is 2.30. The molecule has 0 spiro atoms. The number of halogens is 2. The smallest absolute Gasteiger partial charge is 0.253 e. The lowest BCUT2D eigenvalue weighted by Gasteiger charge is -2.25. The zero-order chi connectivity index (χ0) is 29.9. The summed E-state index contributed by atoms with van der Waals surface area (Å²) in [5, 5.41) is 13.7. The van der Waals surface area contributed by atoms with E-state index >= 15 is 0 Å². The first-order valence-electron chi connectivity index (χ1n) is 13.7. The fourth-order valence-corrected chi connectivity index (χ4v) is 5.61. The number of hydrogen-bond donors (Lipinski definition) is 3. The topological polar surface area (TPSA) is 116 Å². The molecule has 0 bridgehead atoms. The third-order valence-electron chi connectivity index (χ3n) is 6.25. The summed E-state index contributed by atoms with van der Waals surface area (Å²) in [5.41, 5.74) is 1.46. The van der Waals surface area contributed by atoms with Crippen molar-refractivity contribution in [2.45, 2.75) is 71.9 Å². The highest BCUT2D eigenvalue weighted by molar-refractivity contribution is 7.89. The number of aliphatic hydroxyl groups excluding tert-OH is 1. The van der Waals surface area contributed by atoms with Crippen LogP contribution >= 0.6 is 0 Å². The van der Waals surface area contributed by atoms with Crippen LogP contribution in [-0.2, 0) is 16.4 Å². The average molecular weight is 582 g/mol. The van der Waals surface area contributed by atoms with Gasteiger partial charge in [-0.25, -0.2) is 21.9 Å². The second-order valence-electron chi connectivity index (χ2n) is 10.0. The summed E-state index contributed by atoms with van der Waals surface area (Å²) < 4.78 is 54.1. The summed E-state index contributed by atoms with van der Waals surface area (Å²) in [6.07, 6.45) is 0.611. The normalized spacial score (nSPS) is 13.1. The number of amides is 2. The number of nitrogens with one attached hydrogen (secondary N) is 2. The Bertz CT molecular complexity index is 1230. The van der Waals surface area contributed by atoms with Gasteiger partial charge in [-0.3, -0.25) is 9.59 Å². The molecule has 0 aliphatic carbocycles. The van der Waals surface area contributed by atoms with E-state index in [1.807, 2.05) is 13.8 Å². The van der Waals surface area contributed by atoms with E-state index in [2.05, 4.69) is 10.0 Å². The number of aryl methyl sites for hydroxylation is 1. The monoisotopic (exact) mass is 581 g/mol. The summed E-state index contributed by atoms with van der Waals surface area (Å²) in [5.74, 6) is -2.43. The van der Waals surface area contributed by atoms with E-state index in [4.69, 9.17) is 0 Å². The highest BCUT2D eigenvalue weighted by atomic mass is 32.2. The van der Waals surface area contributed by atoms with Crippen LogP contribution in [-0.4, -0.2) is 67.8 Å². The van der Waals surface area contributed by atoms with Gasteiger partial charge in [-0.2, -0.15) is 0 Å². The lowest BCUT2D eigenvalue weighted by atomic mass is 9.98. The molecule has 2 atom stereocenters. The van der Waals surface area contributed by atoms with Crippen LogP contribution in [0.15, 0.2) is 36.4 Å². The van der Waals surface area contributed by atoms with Crippen molar-refractivity contribution < 1.29 is 31.9 Å². The highest BCUT2D eigenvalue weighted by Gasteiger charge is 2.25. The summed E-state index contributed by atoms with van der Waals surface area (Å²) >= 11 is 0. The minimum Gasteiger partial charge on any atom is -0.391 e. The van der Waals surface area contributed by atoms with Crippen LogP contribution in [0.3, 0.4) is 0 Å². The maximum Gasteiger partial charge on any atom is 0.253 e. The molecule has 3 N–H and O–H groups in total. The third-order valence-corrected chi connectivity index (χ3v) is 7.84. The predicted molar refractivity (Wildman–Crippen MR) is 152 cm³/mol. The Morgan fingerprint density at radius 3 is 2.10 bits per heavy atom. The van der Waals surface area contributed by atoms with Crippen LogP contribution < -0.4 is 10.0 Å². The van der Waals surface area contributed by atoms with Crippen LogP contribution in [0.5, 0.6) is 0 Å². The first-order chi connectivity index (χ1) is 18.9. The highest BCUT2D eigenvalue weighted by Crippen LogP contribution is 2.16. The Morgan fingerprint density at radius 1 is 0.925 bits per heavy atom.